The third kappa shape index (κ3) is 12.6. The number of nitrogens with zero attached hydrogens (tertiary/aromatic N) is 7. The molecule has 0 aliphatic rings. The topological polar surface area (TPSA) is 85.5 Å². The lowest BCUT2D eigenvalue weighted by atomic mass is 10.1. The summed E-state index contributed by atoms with van der Waals surface area (Å²) in [5.41, 5.74) is 0. The molecule has 0 radical (unpaired) electrons. The first-order valence-electron chi connectivity index (χ1n) is 7.99. The first kappa shape index (κ1) is 22.6. The van der Waals surface area contributed by atoms with Crippen molar-refractivity contribution in [1.29, 1.82) is 0 Å². The Kier molecular flexibility index (Phi) is 11.6. The molecule has 0 N–H and O–H groups in total. The number of carbonyl (C=O) groups excluding carboxylic acids is 1. The maximum atomic E-state index is 11.8. The molecule has 0 aromatic rings. The SMILES string of the molecule is COC(=O)[C@H](CCCN=C(/N=C/N(C)C)/N=C/N(C)C)N=CN(C)C. The minimum Gasteiger partial charge on any atom is -0.467 e. The van der Waals surface area contributed by atoms with Crippen LogP contribution < -0.4 is 0 Å². The Labute approximate surface area is 150 Å². The molecule has 0 saturated heterocycles. The van der Waals surface area contributed by atoms with Crippen LogP contribution in [-0.4, -0.2) is 108 Å². The van der Waals surface area contributed by atoms with Gasteiger partial charge in [0, 0.05) is 48.8 Å². The number of aliphatic imine (C=N–C) groups is 4. The van der Waals surface area contributed by atoms with Crippen molar-refractivity contribution in [3.63, 3.8) is 0 Å². The summed E-state index contributed by atoms with van der Waals surface area (Å²) in [5.74, 6) is 0.0346. The maximum absolute atomic E-state index is 11.8. The van der Waals surface area contributed by atoms with Gasteiger partial charge in [-0.1, -0.05) is 0 Å². The van der Waals surface area contributed by atoms with E-state index in [9.17, 15) is 4.79 Å². The number of hydrogen-bond acceptors (Lipinski definition) is 4. The molecule has 142 valence electrons. The van der Waals surface area contributed by atoms with Gasteiger partial charge in [0.05, 0.1) is 26.1 Å². The predicted octanol–water partition coefficient (Wildman–Crippen LogP) is 0.434. The standard InChI is InChI=1S/C16H31N7O2/c1-21(2)11-18-14(15(24)25-7)9-8-10-17-16(19-12-22(3)4)20-13-23(5)6/h11-14H,8-10H2,1-7H3/b18-11?,19-12+,20-13+/t14-/m0/s1. The maximum Gasteiger partial charge on any atom is 0.330 e. The van der Waals surface area contributed by atoms with Crippen LogP contribution in [0.1, 0.15) is 12.8 Å². The number of methoxy groups -OCH3 is 1. The Morgan fingerprint density at radius 3 is 1.92 bits per heavy atom. The van der Waals surface area contributed by atoms with Gasteiger partial charge in [-0.25, -0.2) is 19.8 Å². The zero-order chi connectivity index (χ0) is 19.2. The molecular weight excluding hydrogens is 322 g/mol. The molecular formula is C16H31N7O2. The van der Waals surface area contributed by atoms with E-state index in [2.05, 4.69) is 20.0 Å². The number of carbonyl (C=O) groups is 1. The quantitative estimate of drug-likeness (QED) is 0.260. The van der Waals surface area contributed by atoms with Gasteiger partial charge in [0.1, 0.15) is 6.04 Å². The lowest BCUT2D eigenvalue weighted by Crippen LogP contribution is -2.22. The summed E-state index contributed by atoms with van der Waals surface area (Å²) < 4.78 is 4.79. The minimum absolute atomic E-state index is 0.349. The molecule has 0 aromatic heterocycles. The normalized spacial score (nSPS) is 12.6. The van der Waals surface area contributed by atoms with Crippen LogP contribution in [0.2, 0.25) is 0 Å². The zero-order valence-electron chi connectivity index (χ0n) is 16.4. The number of guanidine groups is 1. The van der Waals surface area contributed by atoms with Crippen molar-refractivity contribution in [3.8, 4) is 0 Å². The van der Waals surface area contributed by atoms with Crippen LogP contribution in [-0.2, 0) is 9.53 Å². The molecule has 0 amide bonds. The average molecular weight is 353 g/mol. The molecule has 0 aliphatic carbocycles. The molecule has 0 aromatic carbocycles. The summed E-state index contributed by atoms with van der Waals surface area (Å²) in [6, 6.07) is -0.526. The Morgan fingerprint density at radius 2 is 1.48 bits per heavy atom. The second kappa shape index (κ2) is 12.9. The fraction of sp³-hybridized carbons (Fsp3) is 0.688. The second-order valence-electron chi connectivity index (χ2n) is 6.01. The van der Waals surface area contributed by atoms with E-state index in [0.29, 0.717) is 25.3 Å². The molecule has 25 heavy (non-hydrogen) atoms. The van der Waals surface area contributed by atoms with Gasteiger partial charge in [-0.2, -0.15) is 0 Å². The molecule has 0 fully saturated rings. The highest BCUT2D eigenvalue weighted by Crippen LogP contribution is 2.05. The summed E-state index contributed by atoms with van der Waals surface area (Å²) in [5, 5.41) is 0. The van der Waals surface area contributed by atoms with Crippen LogP contribution >= 0.6 is 0 Å². The smallest absolute Gasteiger partial charge is 0.330 e. The first-order valence-corrected chi connectivity index (χ1v) is 7.99. The fourth-order valence-electron chi connectivity index (χ4n) is 1.52. The first-order chi connectivity index (χ1) is 11.8. The van der Waals surface area contributed by atoms with Crippen LogP contribution in [0.5, 0.6) is 0 Å². The Balaban J connectivity index is 4.78. The summed E-state index contributed by atoms with van der Waals surface area (Å²) in [4.78, 5) is 34.2. The molecule has 9 heteroatoms. The molecule has 0 unspecified atom stereocenters. The van der Waals surface area contributed by atoms with Crippen molar-refractivity contribution in [1.82, 2.24) is 14.7 Å². The zero-order valence-corrected chi connectivity index (χ0v) is 16.4. The van der Waals surface area contributed by atoms with Crippen molar-refractivity contribution in [3.05, 3.63) is 0 Å². The molecule has 0 heterocycles. The van der Waals surface area contributed by atoms with Crippen molar-refractivity contribution < 1.29 is 9.53 Å². The van der Waals surface area contributed by atoms with Crippen LogP contribution in [0.3, 0.4) is 0 Å². The summed E-state index contributed by atoms with van der Waals surface area (Å²) in [6.07, 6.45) is 6.11. The van der Waals surface area contributed by atoms with Gasteiger partial charge in [0.25, 0.3) is 0 Å². The molecule has 0 saturated carbocycles. The predicted molar refractivity (Wildman–Crippen MR) is 104 cm³/mol. The van der Waals surface area contributed by atoms with Crippen molar-refractivity contribution in [2.45, 2.75) is 18.9 Å². The van der Waals surface area contributed by atoms with E-state index in [1.54, 1.807) is 23.9 Å². The fourth-order valence-corrected chi connectivity index (χ4v) is 1.52. The van der Waals surface area contributed by atoms with Gasteiger partial charge in [-0.15, -0.1) is 0 Å². The molecule has 1 atom stereocenters. The van der Waals surface area contributed by atoms with Gasteiger partial charge >= 0.3 is 5.97 Å². The van der Waals surface area contributed by atoms with Gasteiger partial charge in [-0.05, 0) is 12.8 Å². The summed E-state index contributed by atoms with van der Waals surface area (Å²) >= 11 is 0. The third-order valence-corrected chi connectivity index (χ3v) is 2.65. The highest BCUT2D eigenvalue weighted by molar-refractivity contribution is 5.92. The van der Waals surface area contributed by atoms with Crippen molar-refractivity contribution in [2.24, 2.45) is 20.0 Å². The Hall–Kier alpha value is -2.45. The highest BCUT2D eigenvalue weighted by Gasteiger charge is 2.16. The van der Waals surface area contributed by atoms with Crippen LogP contribution in [0.25, 0.3) is 0 Å². The Bertz CT molecular complexity index is 477. The molecule has 0 bridgehead atoms. The Morgan fingerprint density at radius 1 is 0.960 bits per heavy atom. The molecule has 0 aliphatic heterocycles. The third-order valence-electron chi connectivity index (χ3n) is 2.65. The van der Waals surface area contributed by atoms with E-state index in [1.165, 1.54) is 7.11 Å². The molecule has 0 rings (SSSR count). The largest absolute Gasteiger partial charge is 0.467 e. The van der Waals surface area contributed by atoms with E-state index >= 15 is 0 Å². The van der Waals surface area contributed by atoms with Gasteiger partial charge in [0.15, 0.2) is 0 Å². The highest BCUT2D eigenvalue weighted by atomic mass is 16.5. The molecule has 9 nitrogen and oxygen atoms in total. The van der Waals surface area contributed by atoms with Crippen LogP contribution in [0.4, 0.5) is 0 Å². The van der Waals surface area contributed by atoms with Crippen LogP contribution in [0.15, 0.2) is 20.0 Å². The number of rotatable bonds is 9. The second-order valence-corrected chi connectivity index (χ2v) is 6.01. The summed E-state index contributed by atoms with van der Waals surface area (Å²) in [6.45, 7) is 0.496. The van der Waals surface area contributed by atoms with E-state index in [4.69, 9.17) is 4.74 Å². The number of hydrogen-bond donors (Lipinski definition) is 0. The lowest BCUT2D eigenvalue weighted by Gasteiger charge is -2.11. The van der Waals surface area contributed by atoms with Gasteiger partial charge in [-0.3, -0.25) is 4.99 Å². The van der Waals surface area contributed by atoms with Crippen molar-refractivity contribution in [2.75, 3.05) is 55.9 Å². The van der Waals surface area contributed by atoms with E-state index in [1.807, 2.05) is 52.1 Å². The van der Waals surface area contributed by atoms with Gasteiger partial charge < -0.3 is 19.4 Å². The van der Waals surface area contributed by atoms with Gasteiger partial charge in [0.2, 0.25) is 5.96 Å². The van der Waals surface area contributed by atoms with Crippen LogP contribution in [0, 0.1) is 0 Å². The minimum atomic E-state index is -0.526. The average Bonchev–Trinajstić information content (AvgIpc) is 2.54. The lowest BCUT2D eigenvalue weighted by molar-refractivity contribution is -0.142. The summed E-state index contributed by atoms with van der Waals surface area (Å²) in [7, 11) is 12.6. The monoisotopic (exact) mass is 353 g/mol. The number of ether oxygens (including phenoxy) is 1. The molecule has 0 spiro atoms. The van der Waals surface area contributed by atoms with E-state index in [0.717, 1.165) is 0 Å². The number of esters is 1. The van der Waals surface area contributed by atoms with E-state index in [-0.39, 0.29) is 5.97 Å². The van der Waals surface area contributed by atoms with E-state index < -0.39 is 6.04 Å². The van der Waals surface area contributed by atoms with Crippen molar-refractivity contribution >= 4 is 30.9 Å².